The number of hydrogen-bond donors (Lipinski definition) is 1. The molecule has 33 heavy (non-hydrogen) atoms. The second kappa shape index (κ2) is 10.4. The van der Waals surface area contributed by atoms with Gasteiger partial charge in [-0.2, -0.15) is 0 Å². The number of aromatic nitrogens is 2. The van der Waals surface area contributed by atoms with E-state index in [0.717, 1.165) is 61.9 Å². The van der Waals surface area contributed by atoms with Gasteiger partial charge in [-0.3, -0.25) is 14.7 Å². The van der Waals surface area contributed by atoms with Gasteiger partial charge in [-0.15, -0.1) is 11.3 Å². The van der Waals surface area contributed by atoms with Gasteiger partial charge in [0.2, 0.25) is 0 Å². The Labute approximate surface area is 199 Å². The molecule has 0 atom stereocenters. The van der Waals surface area contributed by atoms with Crippen LogP contribution in [0.3, 0.4) is 0 Å². The van der Waals surface area contributed by atoms with Crippen LogP contribution < -0.4 is 10.2 Å². The highest BCUT2D eigenvalue weighted by molar-refractivity contribution is 7.10. The molecular weight excluding hydrogens is 430 g/mol. The van der Waals surface area contributed by atoms with Crippen LogP contribution in [0.25, 0.3) is 0 Å². The van der Waals surface area contributed by atoms with Gasteiger partial charge in [-0.25, -0.2) is 4.98 Å². The number of rotatable bonds is 6. The lowest BCUT2D eigenvalue weighted by molar-refractivity contribution is 0.102. The van der Waals surface area contributed by atoms with E-state index in [-0.39, 0.29) is 5.91 Å². The molecular formula is C26H31N5OS. The molecule has 2 aliphatic rings. The topological polar surface area (TPSA) is 61.4 Å². The van der Waals surface area contributed by atoms with Gasteiger partial charge in [0, 0.05) is 43.3 Å². The summed E-state index contributed by atoms with van der Waals surface area (Å²) >= 11 is 1.62. The minimum absolute atomic E-state index is 0.115. The summed E-state index contributed by atoms with van der Waals surface area (Å²) in [5, 5.41) is 6.13. The quantitative estimate of drug-likeness (QED) is 0.549. The third-order valence-corrected chi connectivity index (χ3v) is 7.68. The lowest BCUT2D eigenvalue weighted by atomic mass is 9.97. The smallest absolute Gasteiger partial charge is 0.275 e. The Morgan fingerprint density at radius 2 is 1.85 bits per heavy atom. The number of nitrogens with zero attached hydrogens (tertiary/aromatic N) is 4. The zero-order chi connectivity index (χ0) is 22.5. The van der Waals surface area contributed by atoms with Gasteiger partial charge in [0.05, 0.1) is 16.4 Å². The van der Waals surface area contributed by atoms with Crippen LogP contribution in [0.15, 0.2) is 54.2 Å². The summed E-state index contributed by atoms with van der Waals surface area (Å²) in [6.45, 7) is 5.14. The van der Waals surface area contributed by atoms with Crippen LogP contribution in [-0.4, -0.2) is 47.0 Å². The number of para-hydroxylation sites is 2. The standard InChI is InChI=1S/C26H31N5OS/c32-25(28-22-8-2-3-9-24(22)31-13-4-1-5-14-31)23-19-33-26(29-23)21-10-15-30(16-11-21)18-20-7-6-12-27-17-20/h2-3,6-9,12,17,19,21H,1,4-5,10-11,13-16,18H2,(H,28,32). The van der Waals surface area contributed by atoms with Crippen molar-refractivity contribution in [2.75, 3.05) is 36.4 Å². The van der Waals surface area contributed by atoms with Crippen LogP contribution >= 0.6 is 11.3 Å². The summed E-state index contributed by atoms with van der Waals surface area (Å²) in [4.78, 5) is 26.8. The predicted molar refractivity (Wildman–Crippen MR) is 134 cm³/mol. The second-order valence-corrected chi connectivity index (χ2v) is 9.89. The van der Waals surface area contributed by atoms with E-state index in [1.54, 1.807) is 11.3 Å². The fourth-order valence-corrected chi connectivity index (χ4v) is 5.81. The van der Waals surface area contributed by atoms with Crippen LogP contribution in [0, 0.1) is 0 Å². The molecule has 0 unspecified atom stereocenters. The number of carbonyl (C=O) groups is 1. The average Bonchev–Trinajstić information content (AvgIpc) is 3.37. The van der Waals surface area contributed by atoms with Crippen LogP contribution in [0.5, 0.6) is 0 Å². The molecule has 6 nitrogen and oxygen atoms in total. The fourth-order valence-electron chi connectivity index (χ4n) is 4.84. The van der Waals surface area contributed by atoms with E-state index in [1.165, 1.54) is 24.8 Å². The maximum absolute atomic E-state index is 13.0. The van der Waals surface area contributed by atoms with Crippen molar-refractivity contribution in [3.8, 4) is 0 Å². The van der Waals surface area contributed by atoms with E-state index in [0.29, 0.717) is 11.6 Å². The van der Waals surface area contributed by atoms with E-state index in [2.05, 4.69) is 32.2 Å². The number of amides is 1. The largest absolute Gasteiger partial charge is 0.370 e. The van der Waals surface area contributed by atoms with Crippen LogP contribution in [0.2, 0.25) is 0 Å². The lowest BCUT2D eigenvalue weighted by Crippen LogP contribution is -2.32. The van der Waals surface area contributed by atoms with Gasteiger partial charge in [0.15, 0.2) is 0 Å². The SMILES string of the molecule is O=C(Nc1ccccc1N1CCCCC1)c1csc(C2CCN(Cc3cccnc3)CC2)n1. The van der Waals surface area contributed by atoms with Crippen LogP contribution in [0.1, 0.15) is 59.1 Å². The van der Waals surface area contributed by atoms with E-state index in [4.69, 9.17) is 4.98 Å². The first-order valence-electron chi connectivity index (χ1n) is 12.0. The van der Waals surface area contributed by atoms with Crippen molar-refractivity contribution >= 4 is 28.6 Å². The monoisotopic (exact) mass is 461 g/mol. The van der Waals surface area contributed by atoms with E-state index < -0.39 is 0 Å². The van der Waals surface area contributed by atoms with Gasteiger partial charge in [-0.1, -0.05) is 18.2 Å². The van der Waals surface area contributed by atoms with Crippen molar-refractivity contribution in [1.29, 1.82) is 0 Å². The molecule has 0 spiro atoms. The van der Waals surface area contributed by atoms with E-state index in [9.17, 15) is 4.79 Å². The van der Waals surface area contributed by atoms with Crippen molar-refractivity contribution in [3.05, 3.63) is 70.4 Å². The molecule has 0 bridgehead atoms. The average molecular weight is 462 g/mol. The Morgan fingerprint density at radius 1 is 1.03 bits per heavy atom. The Kier molecular flexibility index (Phi) is 6.98. The number of hydrogen-bond acceptors (Lipinski definition) is 6. The minimum atomic E-state index is -0.115. The summed E-state index contributed by atoms with van der Waals surface area (Å²) < 4.78 is 0. The van der Waals surface area contributed by atoms with Crippen molar-refractivity contribution in [3.63, 3.8) is 0 Å². The van der Waals surface area contributed by atoms with E-state index in [1.807, 2.05) is 42.0 Å². The molecule has 1 N–H and O–H groups in total. The number of piperidine rings is 2. The maximum Gasteiger partial charge on any atom is 0.275 e. The number of nitrogens with one attached hydrogen (secondary N) is 1. The highest BCUT2D eigenvalue weighted by Crippen LogP contribution is 2.32. The first kappa shape index (κ1) is 22.0. The molecule has 2 aliphatic heterocycles. The maximum atomic E-state index is 13.0. The number of carbonyl (C=O) groups excluding carboxylic acids is 1. The summed E-state index contributed by atoms with van der Waals surface area (Å²) in [5.41, 5.74) is 3.78. The Morgan fingerprint density at radius 3 is 2.64 bits per heavy atom. The van der Waals surface area contributed by atoms with Crippen molar-refractivity contribution in [2.24, 2.45) is 0 Å². The minimum Gasteiger partial charge on any atom is -0.370 e. The van der Waals surface area contributed by atoms with Crippen LogP contribution in [-0.2, 0) is 6.54 Å². The molecule has 0 radical (unpaired) electrons. The Bertz CT molecular complexity index is 1060. The molecule has 7 heteroatoms. The summed E-state index contributed by atoms with van der Waals surface area (Å²) in [7, 11) is 0. The van der Waals surface area contributed by atoms with Crippen LogP contribution in [0.4, 0.5) is 11.4 Å². The molecule has 0 saturated carbocycles. The van der Waals surface area contributed by atoms with Gasteiger partial charge >= 0.3 is 0 Å². The highest BCUT2D eigenvalue weighted by atomic mass is 32.1. The molecule has 1 aromatic carbocycles. The third kappa shape index (κ3) is 5.42. The number of anilines is 2. The van der Waals surface area contributed by atoms with Crippen molar-refractivity contribution < 1.29 is 4.79 Å². The number of thiazole rings is 1. The number of benzene rings is 1. The fraction of sp³-hybridized carbons (Fsp3) is 0.423. The Balaban J connectivity index is 1.19. The Hall–Kier alpha value is -2.77. The molecule has 2 aromatic heterocycles. The molecule has 1 amide bonds. The molecule has 4 heterocycles. The zero-order valence-electron chi connectivity index (χ0n) is 18.9. The summed E-state index contributed by atoms with van der Waals surface area (Å²) in [6, 6.07) is 12.2. The number of likely N-dealkylation sites (tertiary alicyclic amines) is 1. The van der Waals surface area contributed by atoms with Crippen molar-refractivity contribution in [2.45, 2.75) is 44.6 Å². The zero-order valence-corrected chi connectivity index (χ0v) is 19.8. The molecule has 3 aromatic rings. The highest BCUT2D eigenvalue weighted by Gasteiger charge is 2.24. The van der Waals surface area contributed by atoms with Gasteiger partial charge < -0.3 is 10.2 Å². The first-order chi connectivity index (χ1) is 16.3. The third-order valence-electron chi connectivity index (χ3n) is 6.67. The summed E-state index contributed by atoms with van der Waals surface area (Å²) in [6.07, 6.45) is 9.62. The van der Waals surface area contributed by atoms with Gasteiger partial charge in [0.25, 0.3) is 5.91 Å². The molecule has 0 aliphatic carbocycles. The molecule has 172 valence electrons. The second-order valence-electron chi connectivity index (χ2n) is 9.00. The first-order valence-corrected chi connectivity index (χ1v) is 12.9. The van der Waals surface area contributed by atoms with Crippen molar-refractivity contribution in [1.82, 2.24) is 14.9 Å². The van der Waals surface area contributed by atoms with Gasteiger partial charge in [-0.05, 0) is 69.0 Å². The molecule has 2 saturated heterocycles. The van der Waals surface area contributed by atoms with Gasteiger partial charge in [0.1, 0.15) is 5.69 Å². The molecule has 5 rings (SSSR count). The lowest BCUT2D eigenvalue weighted by Gasteiger charge is -2.31. The number of pyridine rings is 1. The van der Waals surface area contributed by atoms with E-state index >= 15 is 0 Å². The normalized spacial score (nSPS) is 17.8. The molecule has 2 fully saturated rings. The predicted octanol–water partition coefficient (Wildman–Crippen LogP) is 5.16. The summed E-state index contributed by atoms with van der Waals surface area (Å²) in [5.74, 6) is 0.318.